The van der Waals surface area contributed by atoms with E-state index in [1.54, 1.807) is 0 Å². The van der Waals surface area contributed by atoms with Crippen molar-refractivity contribution in [2.75, 3.05) is 13.1 Å². The van der Waals surface area contributed by atoms with Gasteiger partial charge in [-0.2, -0.15) is 0 Å². The quantitative estimate of drug-likeness (QED) is 0.395. The fourth-order valence-electron chi connectivity index (χ4n) is 3.47. The maximum atomic E-state index is 11.8. The monoisotopic (exact) mass is 334 g/mol. The number of carboxylic acid groups (broad SMARTS) is 1. The third-order valence-corrected chi connectivity index (χ3v) is 4.95. The molecule has 1 fully saturated rings. The molecule has 1 unspecified atom stereocenters. The molecule has 1 heterocycles. The Hall–Kier alpha value is -1.41. The predicted molar refractivity (Wildman–Crippen MR) is 93.2 cm³/mol. The standard InChI is InChI=1S/C17H27BN2O4/c19-17(16(21)22,9-4-5-10-18(23)24)15-8-11-20(13-15)12-14-6-2-1-3-7-14/h1-3,6-7,15,23-24H,4-5,8-13,19H2,(H,21,22)/t15-,17?/m0/s1. The molecule has 5 N–H and O–H groups in total. The lowest BCUT2D eigenvalue weighted by Crippen LogP contribution is -2.55. The van der Waals surface area contributed by atoms with Crippen molar-refractivity contribution in [1.82, 2.24) is 4.90 Å². The number of unbranched alkanes of at least 4 members (excludes halogenated alkanes) is 1. The van der Waals surface area contributed by atoms with Crippen LogP contribution in [0.2, 0.25) is 6.32 Å². The second-order valence-corrected chi connectivity index (χ2v) is 6.78. The summed E-state index contributed by atoms with van der Waals surface area (Å²) in [6.45, 7) is 2.34. The van der Waals surface area contributed by atoms with Crippen molar-refractivity contribution in [3.8, 4) is 0 Å². The van der Waals surface area contributed by atoms with Crippen molar-refractivity contribution in [2.24, 2.45) is 11.7 Å². The summed E-state index contributed by atoms with van der Waals surface area (Å²) in [5.74, 6) is -1.05. The molecule has 0 aliphatic carbocycles. The summed E-state index contributed by atoms with van der Waals surface area (Å²) in [5.41, 5.74) is 6.24. The summed E-state index contributed by atoms with van der Waals surface area (Å²) in [6.07, 6.45) is 2.53. The molecule has 0 amide bonds. The molecule has 2 rings (SSSR count). The van der Waals surface area contributed by atoms with E-state index in [2.05, 4.69) is 17.0 Å². The number of hydrogen-bond donors (Lipinski definition) is 4. The SMILES string of the molecule is NC(CCCCB(O)O)(C(=O)O)[C@H]1CCN(Cc2ccccc2)C1. The van der Waals surface area contributed by atoms with E-state index in [0.29, 0.717) is 25.8 Å². The first-order chi connectivity index (χ1) is 11.4. The van der Waals surface area contributed by atoms with E-state index in [0.717, 1.165) is 19.5 Å². The second kappa shape index (κ2) is 8.62. The highest BCUT2D eigenvalue weighted by atomic mass is 16.4. The highest BCUT2D eigenvalue weighted by Crippen LogP contribution is 2.31. The van der Waals surface area contributed by atoms with Crippen LogP contribution in [-0.2, 0) is 11.3 Å². The first-order valence-electron chi connectivity index (χ1n) is 8.56. The number of nitrogens with zero attached hydrogens (tertiary/aromatic N) is 1. The number of carbonyl (C=O) groups is 1. The highest BCUT2D eigenvalue weighted by molar-refractivity contribution is 6.40. The fourth-order valence-corrected chi connectivity index (χ4v) is 3.47. The maximum absolute atomic E-state index is 11.8. The van der Waals surface area contributed by atoms with Crippen LogP contribution in [-0.4, -0.2) is 51.8 Å². The van der Waals surface area contributed by atoms with E-state index in [1.807, 2.05) is 18.2 Å². The predicted octanol–water partition coefficient (Wildman–Crippen LogP) is 0.934. The Morgan fingerprint density at radius 1 is 1.29 bits per heavy atom. The molecule has 7 heteroatoms. The molecule has 132 valence electrons. The van der Waals surface area contributed by atoms with Gasteiger partial charge in [-0.1, -0.05) is 43.2 Å². The van der Waals surface area contributed by atoms with Gasteiger partial charge in [-0.3, -0.25) is 9.69 Å². The third kappa shape index (κ3) is 5.04. The van der Waals surface area contributed by atoms with Gasteiger partial charge in [-0.15, -0.1) is 0 Å². The van der Waals surface area contributed by atoms with E-state index in [-0.39, 0.29) is 12.2 Å². The Labute approximate surface area is 143 Å². The zero-order valence-electron chi connectivity index (χ0n) is 14.0. The number of likely N-dealkylation sites (tertiary alicyclic amines) is 1. The molecule has 1 aromatic carbocycles. The molecule has 2 atom stereocenters. The minimum atomic E-state index is -1.34. The van der Waals surface area contributed by atoms with Crippen LogP contribution in [0.25, 0.3) is 0 Å². The van der Waals surface area contributed by atoms with Gasteiger partial charge in [-0.25, -0.2) is 0 Å². The van der Waals surface area contributed by atoms with Gasteiger partial charge in [0.1, 0.15) is 5.54 Å². The molecule has 1 saturated heterocycles. The molecule has 0 spiro atoms. The zero-order valence-corrected chi connectivity index (χ0v) is 14.0. The van der Waals surface area contributed by atoms with Crippen LogP contribution in [0.5, 0.6) is 0 Å². The third-order valence-electron chi connectivity index (χ3n) is 4.95. The molecule has 0 aromatic heterocycles. The molecule has 0 bridgehead atoms. The summed E-state index contributed by atoms with van der Waals surface area (Å²) >= 11 is 0. The molecule has 24 heavy (non-hydrogen) atoms. The Kier molecular flexibility index (Phi) is 6.80. The van der Waals surface area contributed by atoms with Crippen molar-refractivity contribution in [3.63, 3.8) is 0 Å². The molecule has 0 saturated carbocycles. The maximum Gasteiger partial charge on any atom is 0.451 e. The smallest absolute Gasteiger partial charge is 0.451 e. The molecule has 0 radical (unpaired) electrons. The Morgan fingerprint density at radius 3 is 2.62 bits per heavy atom. The molecular formula is C17H27BN2O4. The van der Waals surface area contributed by atoms with Gasteiger partial charge in [0.2, 0.25) is 0 Å². The first kappa shape index (κ1) is 18.9. The van der Waals surface area contributed by atoms with Crippen molar-refractivity contribution < 1.29 is 19.9 Å². The van der Waals surface area contributed by atoms with Gasteiger partial charge in [-0.05, 0) is 31.3 Å². The number of nitrogens with two attached hydrogens (primary N) is 1. The summed E-state index contributed by atoms with van der Waals surface area (Å²) < 4.78 is 0. The molecular weight excluding hydrogens is 307 g/mol. The van der Waals surface area contributed by atoms with Crippen molar-refractivity contribution >= 4 is 13.1 Å². The van der Waals surface area contributed by atoms with Crippen molar-refractivity contribution in [3.05, 3.63) is 35.9 Å². The van der Waals surface area contributed by atoms with Gasteiger partial charge in [0.05, 0.1) is 0 Å². The van der Waals surface area contributed by atoms with Crippen molar-refractivity contribution in [1.29, 1.82) is 0 Å². The van der Waals surface area contributed by atoms with Crippen LogP contribution in [0.4, 0.5) is 0 Å². The average Bonchev–Trinajstić information content (AvgIpc) is 3.01. The van der Waals surface area contributed by atoms with Gasteiger partial charge in [0, 0.05) is 19.0 Å². The van der Waals surface area contributed by atoms with Crippen LogP contribution in [0.1, 0.15) is 31.2 Å². The summed E-state index contributed by atoms with van der Waals surface area (Å²) in [6, 6.07) is 10.1. The Balaban J connectivity index is 1.90. The molecule has 1 aliphatic rings. The van der Waals surface area contributed by atoms with Crippen LogP contribution in [0.3, 0.4) is 0 Å². The van der Waals surface area contributed by atoms with Crippen LogP contribution in [0.15, 0.2) is 30.3 Å². The van der Waals surface area contributed by atoms with Crippen molar-refractivity contribution in [2.45, 2.75) is 44.1 Å². The number of hydrogen-bond acceptors (Lipinski definition) is 5. The number of rotatable bonds is 9. The molecule has 1 aliphatic heterocycles. The van der Waals surface area contributed by atoms with E-state index >= 15 is 0 Å². The first-order valence-corrected chi connectivity index (χ1v) is 8.56. The lowest BCUT2D eigenvalue weighted by molar-refractivity contribution is -0.145. The minimum Gasteiger partial charge on any atom is -0.480 e. The Morgan fingerprint density at radius 2 is 2.00 bits per heavy atom. The molecule has 6 nitrogen and oxygen atoms in total. The largest absolute Gasteiger partial charge is 0.480 e. The topological polar surface area (TPSA) is 107 Å². The van der Waals surface area contributed by atoms with Gasteiger partial charge >= 0.3 is 13.1 Å². The van der Waals surface area contributed by atoms with Gasteiger partial charge in [0.15, 0.2) is 0 Å². The number of aliphatic carboxylic acids is 1. The van der Waals surface area contributed by atoms with E-state index in [4.69, 9.17) is 15.8 Å². The Bertz CT molecular complexity index is 529. The van der Waals surface area contributed by atoms with Crippen LogP contribution in [0, 0.1) is 5.92 Å². The zero-order chi connectivity index (χ0) is 17.6. The normalized spacial score (nSPS) is 20.7. The van der Waals surface area contributed by atoms with E-state index < -0.39 is 18.6 Å². The van der Waals surface area contributed by atoms with Crippen LogP contribution >= 0.6 is 0 Å². The summed E-state index contributed by atoms with van der Waals surface area (Å²) in [5, 5.41) is 27.4. The molecule has 1 aromatic rings. The van der Waals surface area contributed by atoms with E-state index in [9.17, 15) is 9.90 Å². The number of benzene rings is 1. The van der Waals surface area contributed by atoms with E-state index in [1.165, 1.54) is 5.56 Å². The fraction of sp³-hybridized carbons (Fsp3) is 0.588. The second-order valence-electron chi connectivity index (χ2n) is 6.78. The minimum absolute atomic E-state index is 0.0854. The van der Waals surface area contributed by atoms with Crippen LogP contribution < -0.4 is 5.73 Å². The lowest BCUT2D eigenvalue weighted by Gasteiger charge is -2.31. The lowest BCUT2D eigenvalue weighted by atomic mass is 9.77. The summed E-state index contributed by atoms with van der Waals surface area (Å²) in [7, 11) is -1.34. The summed E-state index contributed by atoms with van der Waals surface area (Å²) in [4.78, 5) is 14.0. The van der Waals surface area contributed by atoms with Gasteiger partial charge in [0.25, 0.3) is 0 Å². The number of carboxylic acids is 1. The highest BCUT2D eigenvalue weighted by Gasteiger charge is 2.44. The van der Waals surface area contributed by atoms with Gasteiger partial charge < -0.3 is 20.9 Å². The average molecular weight is 334 g/mol.